The molecule has 5 rings (SSSR count). The van der Waals surface area contributed by atoms with Crippen LogP contribution in [0.5, 0.6) is 0 Å². The molecule has 172 valence electrons. The number of nitriles is 1. The van der Waals surface area contributed by atoms with E-state index in [0.717, 1.165) is 67.8 Å². The molecule has 0 N–H and O–H groups in total. The van der Waals surface area contributed by atoms with Gasteiger partial charge in [-0.15, -0.1) is 0 Å². The van der Waals surface area contributed by atoms with E-state index >= 15 is 0 Å². The number of hydrogen-bond donors (Lipinski definition) is 0. The van der Waals surface area contributed by atoms with Crippen LogP contribution in [0.25, 0.3) is 0 Å². The normalized spacial score (nSPS) is 22.9. The molecule has 7 heteroatoms. The van der Waals surface area contributed by atoms with Gasteiger partial charge in [-0.1, -0.05) is 17.7 Å². The number of amides is 1. The Labute approximate surface area is 208 Å². The van der Waals surface area contributed by atoms with Crippen LogP contribution < -0.4 is 0 Å². The van der Waals surface area contributed by atoms with E-state index in [1.54, 1.807) is 4.90 Å². The van der Waals surface area contributed by atoms with Crippen LogP contribution in [0.1, 0.15) is 54.0 Å². The lowest BCUT2D eigenvalue weighted by molar-refractivity contribution is -0.133. The Morgan fingerprint density at radius 2 is 1.94 bits per heavy atom. The van der Waals surface area contributed by atoms with E-state index in [0.29, 0.717) is 18.3 Å². The molecule has 1 aromatic heterocycles. The van der Waals surface area contributed by atoms with Gasteiger partial charge in [0.15, 0.2) is 6.19 Å². The van der Waals surface area contributed by atoms with Crippen LogP contribution in [0.2, 0.25) is 5.02 Å². The summed E-state index contributed by atoms with van der Waals surface area (Å²) < 4.78 is 1.02. The van der Waals surface area contributed by atoms with Crippen LogP contribution in [0.15, 0.2) is 34.9 Å². The fourth-order valence-corrected chi connectivity index (χ4v) is 6.48. The molecule has 2 fully saturated rings. The summed E-state index contributed by atoms with van der Waals surface area (Å²) in [5.41, 5.74) is 5.17. The number of nitrogens with zero attached hydrogens (tertiary/aromatic N) is 4. The fraction of sp³-hybridized carbons (Fsp3) is 0.500. The van der Waals surface area contributed by atoms with E-state index in [2.05, 4.69) is 40.3 Å². The standard InChI is InChI=1S/C26H28BrClN4O/c27-21-12-20-2-1-19-13-22(28)3-4-23(19)25(26(20)30-14-21)18-6-9-32(10-7-18)24(33)11-17-5-8-31(15-17)16-29/h3-4,12-14,17-18,25H,1-2,5-11,15H2. The summed E-state index contributed by atoms with van der Waals surface area (Å²) >= 11 is 9.95. The number of carbonyl (C=O) groups is 1. The molecule has 33 heavy (non-hydrogen) atoms. The summed E-state index contributed by atoms with van der Waals surface area (Å²) in [6.45, 7) is 3.09. The van der Waals surface area contributed by atoms with Crippen molar-refractivity contribution >= 4 is 33.4 Å². The van der Waals surface area contributed by atoms with E-state index in [1.165, 1.54) is 22.4 Å². The number of rotatable bonds is 3. The zero-order valence-corrected chi connectivity index (χ0v) is 21.0. The molecule has 1 aromatic carbocycles. The SMILES string of the molecule is N#CN1CCC(CC(=O)N2CCC(C3c4ccc(Cl)cc4CCc4cc(Br)cnc43)CC2)C1. The van der Waals surface area contributed by atoms with E-state index < -0.39 is 0 Å². The lowest BCUT2D eigenvalue weighted by atomic mass is 9.76. The molecule has 0 bridgehead atoms. The van der Waals surface area contributed by atoms with Crippen molar-refractivity contribution in [3.8, 4) is 6.19 Å². The predicted molar refractivity (Wildman–Crippen MR) is 132 cm³/mol. The Hall–Kier alpha value is -2.10. The number of halogens is 2. The molecule has 2 aliphatic heterocycles. The summed E-state index contributed by atoms with van der Waals surface area (Å²) in [6, 6.07) is 8.53. The molecule has 3 heterocycles. The van der Waals surface area contributed by atoms with Crippen molar-refractivity contribution in [1.29, 1.82) is 5.26 Å². The minimum Gasteiger partial charge on any atom is -0.343 e. The van der Waals surface area contributed by atoms with Crippen molar-refractivity contribution in [2.24, 2.45) is 11.8 Å². The van der Waals surface area contributed by atoms with E-state index in [9.17, 15) is 4.79 Å². The Balaban J connectivity index is 1.33. The minimum absolute atomic E-state index is 0.235. The lowest BCUT2D eigenvalue weighted by Crippen LogP contribution is -2.40. The summed E-state index contributed by atoms with van der Waals surface area (Å²) in [5.74, 6) is 1.23. The van der Waals surface area contributed by atoms with Crippen LogP contribution in [0.4, 0.5) is 0 Å². The number of benzene rings is 1. The van der Waals surface area contributed by atoms with E-state index in [1.807, 2.05) is 17.2 Å². The van der Waals surface area contributed by atoms with Gasteiger partial charge < -0.3 is 9.80 Å². The van der Waals surface area contributed by atoms with Gasteiger partial charge in [-0.05, 0) is 94.8 Å². The van der Waals surface area contributed by atoms with Gasteiger partial charge in [0.1, 0.15) is 0 Å². The highest BCUT2D eigenvalue weighted by Crippen LogP contribution is 2.43. The van der Waals surface area contributed by atoms with Crippen molar-refractivity contribution in [1.82, 2.24) is 14.8 Å². The molecule has 3 aliphatic rings. The van der Waals surface area contributed by atoms with Crippen LogP contribution >= 0.6 is 27.5 Å². The molecule has 2 unspecified atom stereocenters. The van der Waals surface area contributed by atoms with Crippen molar-refractivity contribution in [3.63, 3.8) is 0 Å². The number of hydrogen-bond acceptors (Lipinski definition) is 4. The molecule has 1 amide bonds. The number of aryl methyl sites for hydroxylation is 2. The molecular weight excluding hydrogens is 500 g/mol. The summed E-state index contributed by atoms with van der Waals surface area (Å²) in [6.07, 6.45) is 9.51. The average Bonchev–Trinajstić information content (AvgIpc) is 3.21. The number of fused-ring (bicyclic) bond motifs is 2. The highest BCUT2D eigenvalue weighted by molar-refractivity contribution is 9.10. The molecule has 0 spiro atoms. The van der Waals surface area contributed by atoms with Gasteiger partial charge in [0.25, 0.3) is 0 Å². The Bertz CT molecular complexity index is 1040. The molecule has 2 aromatic rings. The Morgan fingerprint density at radius 3 is 2.70 bits per heavy atom. The van der Waals surface area contributed by atoms with Gasteiger partial charge in [-0.25, -0.2) is 0 Å². The monoisotopic (exact) mass is 526 g/mol. The topological polar surface area (TPSA) is 60.2 Å². The fourth-order valence-electron chi connectivity index (χ4n) is 5.91. The number of carbonyl (C=O) groups excluding carboxylic acids is 1. The van der Waals surface area contributed by atoms with E-state index in [4.69, 9.17) is 21.8 Å². The maximum atomic E-state index is 13.0. The number of likely N-dealkylation sites (tertiary alicyclic amines) is 2. The maximum absolute atomic E-state index is 13.0. The van der Waals surface area contributed by atoms with Crippen LogP contribution in [0, 0.1) is 23.3 Å². The highest BCUT2D eigenvalue weighted by atomic mass is 79.9. The van der Waals surface area contributed by atoms with Gasteiger partial charge in [0.2, 0.25) is 5.91 Å². The first-order valence-corrected chi connectivity index (χ1v) is 13.0. The van der Waals surface area contributed by atoms with Crippen molar-refractivity contribution in [3.05, 3.63) is 62.3 Å². The van der Waals surface area contributed by atoms with Crippen molar-refractivity contribution in [2.45, 2.75) is 44.4 Å². The second kappa shape index (κ2) is 9.64. The summed E-state index contributed by atoms with van der Waals surface area (Å²) in [4.78, 5) is 21.7. The third-order valence-electron chi connectivity index (χ3n) is 7.62. The summed E-state index contributed by atoms with van der Waals surface area (Å²) in [7, 11) is 0. The first kappa shape index (κ1) is 22.7. The average molecular weight is 528 g/mol. The van der Waals surface area contributed by atoms with E-state index in [-0.39, 0.29) is 11.8 Å². The minimum atomic E-state index is 0.235. The second-order valence-electron chi connectivity index (χ2n) is 9.64. The molecular formula is C26H28BrClN4O. The van der Waals surface area contributed by atoms with Crippen LogP contribution in [0.3, 0.4) is 0 Å². The largest absolute Gasteiger partial charge is 0.343 e. The molecule has 0 saturated carbocycles. The number of piperidine rings is 1. The molecule has 1 aliphatic carbocycles. The zero-order chi connectivity index (χ0) is 22.9. The smallest absolute Gasteiger partial charge is 0.222 e. The van der Waals surface area contributed by atoms with Crippen LogP contribution in [-0.4, -0.2) is 46.9 Å². The zero-order valence-electron chi connectivity index (χ0n) is 18.6. The number of pyridine rings is 1. The number of aromatic nitrogens is 1. The molecule has 2 saturated heterocycles. The first-order valence-electron chi connectivity index (χ1n) is 11.9. The predicted octanol–water partition coefficient (Wildman–Crippen LogP) is 5.16. The third kappa shape index (κ3) is 4.76. The van der Waals surface area contributed by atoms with Gasteiger partial charge in [-0.2, -0.15) is 5.26 Å². The van der Waals surface area contributed by atoms with Crippen LogP contribution in [-0.2, 0) is 17.6 Å². The summed E-state index contributed by atoms with van der Waals surface area (Å²) in [5, 5.41) is 9.86. The second-order valence-corrected chi connectivity index (χ2v) is 11.0. The van der Waals surface area contributed by atoms with Gasteiger partial charge in [0.05, 0.1) is 5.69 Å². The van der Waals surface area contributed by atoms with Gasteiger partial charge in [-0.3, -0.25) is 9.78 Å². The van der Waals surface area contributed by atoms with Crippen molar-refractivity contribution < 1.29 is 4.79 Å². The third-order valence-corrected chi connectivity index (χ3v) is 8.29. The molecule has 5 nitrogen and oxygen atoms in total. The van der Waals surface area contributed by atoms with Gasteiger partial charge in [0, 0.05) is 54.2 Å². The van der Waals surface area contributed by atoms with Gasteiger partial charge >= 0.3 is 0 Å². The first-order chi connectivity index (χ1) is 16.0. The van der Waals surface area contributed by atoms with Crippen molar-refractivity contribution in [2.75, 3.05) is 26.2 Å². The highest BCUT2D eigenvalue weighted by Gasteiger charge is 2.35. The molecule has 2 atom stereocenters. The Morgan fingerprint density at radius 1 is 1.15 bits per heavy atom. The molecule has 0 radical (unpaired) electrons. The lowest BCUT2D eigenvalue weighted by Gasteiger charge is -2.37. The quantitative estimate of drug-likeness (QED) is 0.517. The Kier molecular flexibility index (Phi) is 6.62. The maximum Gasteiger partial charge on any atom is 0.222 e.